The lowest BCUT2D eigenvalue weighted by atomic mass is 9.99. The van der Waals surface area contributed by atoms with E-state index in [1.54, 1.807) is 31.2 Å². The number of carbonyl (C=O) groups excluding carboxylic acids is 1. The van der Waals surface area contributed by atoms with E-state index in [0.717, 1.165) is 5.56 Å². The van der Waals surface area contributed by atoms with Gasteiger partial charge in [0.15, 0.2) is 5.78 Å². The van der Waals surface area contributed by atoms with E-state index < -0.39 is 0 Å². The molecule has 0 atom stereocenters. The van der Waals surface area contributed by atoms with E-state index in [9.17, 15) is 14.7 Å². The molecule has 0 saturated heterocycles. The van der Waals surface area contributed by atoms with Gasteiger partial charge in [-0.25, -0.2) is 0 Å². The van der Waals surface area contributed by atoms with Crippen LogP contribution in [0.15, 0.2) is 59.4 Å². The van der Waals surface area contributed by atoms with Gasteiger partial charge in [0, 0.05) is 11.4 Å². The van der Waals surface area contributed by atoms with Gasteiger partial charge in [0.05, 0.1) is 11.1 Å². The number of Topliss-reactive ketones (excluding diaryl/α,β-unsaturated/α-hetero) is 1. The predicted octanol–water partition coefficient (Wildman–Crippen LogP) is 4.03. The SMILES string of the molecule is CC(=O)c1c(O)c(-c2ccccc2)c(=O)n(-c2ccc(C)cc2)c1C. The zero-order valence-corrected chi connectivity index (χ0v) is 14.4. The molecule has 0 aliphatic heterocycles. The number of aromatic hydroxyl groups is 1. The van der Waals surface area contributed by atoms with Crippen LogP contribution in [0.3, 0.4) is 0 Å². The van der Waals surface area contributed by atoms with Crippen LogP contribution >= 0.6 is 0 Å². The van der Waals surface area contributed by atoms with E-state index in [4.69, 9.17) is 0 Å². The highest BCUT2D eigenvalue weighted by Gasteiger charge is 2.23. The molecule has 4 nitrogen and oxygen atoms in total. The molecule has 0 spiro atoms. The first-order valence-corrected chi connectivity index (χ1v) is 8.03. The van der Waals surface area contributed by atoms with Gasteiger partial charge in [-0.1, -0.05) is 48.0 Å². The Hall–Kier alpha value is -3.14. The zero-order valence-electron chi connectivity index (χ0n) is 14.4. The Morgan fingerprint density at radius 3 is 2.12 bits per heavy atom. The van der Waals surface area contributed by atoms with Crippen molar-refractivity contribution in [1.29, 1.82) is 0 Å². The smallest absolute Gasteiger partial charge is 0.266 e. The average molecular weight is 333 g/mol. The van der Waals surface area contributed by atoms with E-state index in [1.165, 1.54) is 11.5 Å². The first kappa shape index (κ1) is 16.7. The molecule has 1 heterocycles. The summed E-state index contributed by atoms with van der Waals surface area (Å²) in [7, 11) is 0. The number of aryl methyl sites for hydroxylation is 1. The Morgan fingerprint density at radius 1 is 0.960 bits per heavy atom. The minimum absolute atomic E-state index is 0.136. The second-order valence-corrected chi connectivity index (χ2v) is 6.08. The summed E-state index contributed by atoms with van der Waals surface area (Å²) in [6.07, 6.45) is 0. The maximum Gasteiger partial charge on any atom is 0.266 e. The molecule has 0 amide bonds. The summed E-state index contributed by atoms with van der Waals surface area (Å²) in [5, 5.41) is 10.7. The number of hydrogen-bond donors (Lipinski definition) is 1. The van der Waals surface area contributed by atoms with Crippen LogP contribution in [0.25, 0.3) is 16.8 Å². The van der Waals surface area contributed by atoms with Crippen LogP contribution in [0.5, 0.6) is 5.75 Å². The van der Waals surface area contributed by atoms with Crippen LogP contribution in [-0.4, -0.2) is 15.5 Å². The van der Waals surface area contributed by atoms with Gasteiger partial charge in [-0.15, -0.1) is 0 Å². The lowest BCUT2D eigenvalue weighted by molar-refractivity contribution is 0.101. The maximum absolute atomic E-state index is 13.2. The number of aromatic nitrogens is 1. The molecular weight excluding hydrogens is 314 g/mol. The van der Waals surface area contributed by atoms with Gasteiger partial charge in [-0.05, 0) is 38.5 Å². The molecule has 0 fully saturated rings. The van der Waals surface area contributed by atoms with E-state index in [2.05, 4.69) is 0 Å². The molecule has 1 N–H and O–H groups in total. The Bertz CT molecular complexity index is 1000. The monoisotopic (exact) mass is 333 g/mol. The Balaban J connectivity index is 2.43. The van der Waals surface area contributed by atoms with Gasteiger partial charge in [0.2, 0.25) is 0 Å². The fourth-order valence-corrected chi connectivity index (χ4v) is 3.06. The number of nitrogens with zero attached hydrogens (tertiary/aromatic N) is 1. The number of benzene rings is 2. The highest BCUT2D eigenvalue weighted by molar-refractivity contribution is 6.00. The summed E-state index contributed by atoms with van der Waals surface area (Å²) in [5.74, 6) is -0.544. The topological polar surface area (TPSA) is 59.3 Å². The Labute approximate surface area is 146 Å². The van der Waals surface area contributed by atoms with E-state index in [1.807, 2.05) is 37.3 Å². The third-order valence-corrected chi connectivity index (χ3v) is 4.29. The lowest BCUT2D eigenvalue weighted by Gasteiger charge is -2.18. The van der Waals surface area contributed by atoms with Crippen LogP contribution in [0.4, 0.5) is 0 Å². The van der Waals surface area contributed by atoms with Crippen molar-refractivity contribution >= 4 is 5.78 Å². The van der Waals surface area contributed by atoms with Crippen molar-refractivity contribution in [2.45, 2.75) is 20.8 Å². The summed E-state index contributed by atoms with van der Waals surface area (Å²) < 4.78 is 1.48. The molecule has 25 heavy (non-hydrogen) atoms. The fraction of sp³-hybridized carbons (Fsp3) is 0.143. The molecule has 0 saturated carbocycles. The van der Waals surface area contributed by atoms with Crippen molar-refractivity contribution in [3.63, 3.8) is 0 Å². The molecule has 3 aromatic rings. The summed E-state index contributed by atoms with van der Waals surface area (Å²) >= 11 is 0. The second-order valence-electron chi connectivity index (χ2n) is 6.08. The van der Waals surface area contributed by atoms with Crippen molar-refractivity contribution in [1.82, 2.24) is 4.57 Å². The molecular formula is C21H19NO3. The fourth-order valence-electron chi connectivity index (χ4n) is 3.06. The Morgan fingerprint density at radius 2 is 1.56 bits per heavy atom. The normalized spacial score (nSPS) is 10.7. The quantitative estimate of drug-likeness (QED) is 0.736. The molecule has 0 aliphatic carbocycles. The highest BCUT2D eigenvalue weighted by atomic mass is 16.3. The van der Waals surface area contributed by atoms with Crippen LogP contribution < -0.4 is 5.56 Å². The Kier molecular flexibility index (Phi) is 4.28. The van der Waals surface area contributed by atoms with Gasteiger partial charge in [-0.2, -0.15) is 0 Å². The van der Waals surface area contributed by atoms with E-state index in [-0.39, 0.29) is 28.2 Å². The molecule has 0 bridgehead atoms. The summed E-state index contributed by atoms with van der Waals surface area (Å²) in [6, 6.07) is 16.4. The molecule has 4 heteroatoms. The number of ketones is 1. The molecule has 0 aliphatic rings. The molecule has 2 aromatic carbocycles. The van der Waals surface area contributed by atoms with Crippen molar-refractivity contribution in [2.75, 3.05) is 0 Å². The molecule has 126 valence electrons. The minimum Gasteiger partial charge on any atom is -0.506 e. The molecule has 1 aromatic heterocycles. The number of carbonyl (C=O) groups is 1. The van der Waals surface area contributed by atoms with Gasteiger partial charge in [0.25, 0.3) is 5.56 Å². The van der Waals surface area contributed by atoms with Crippen LogP contribution in [-0.2, 0) is 0 Å². The third-order valence-electron chi connectivity index (χ3n) is 4.29. The second kappa shape index (κ2) is 6.40. The zero-order chi connectivity index (χ0) is 18.1. The summed E-state index contributed by atoms with van der Waals surface area (Å²) in [5.41, 5.74) is 2.69. The van der Waals surface area contributed by atoms with Gasteiger partial charge in [-0.3, -0.25) is 14.2 Å². The van der Waals surface area contributed by atoms with E-state index >= 15 is 0 Å². The summed E-state index contributed by atoms with van der Waals surface area (Å²) in [4.78, 5) is 25.3. The van der Waals surface area contributed by atoms with Crippen molar-refractivity contribution < 1.29 is 9.90 Å². The van der Waals surface area contributed by atoms with Crippen molar-refractivity contribution in [3.05, 3.63) is 81.8 Å². The molecule has 0 unspecified atom stereocenters. The number of pyridine rings is 1. The average Bonchev–Trinajstić information content (AvgIpc) is 2.57. The third kappa shape index (κ3) is 2.87. The van der Waals surface area contributed by atoms with Crippen LogP contribution in [0.2, 0.25) is 0 Å². The standard InChI is InChI=1S/C21H19NO3/c1-13-9-11-17(12-10-13)22-14(2)18(15(3)23)20(24)19(21(22)25)16-7-5-4-6-8-16/h4-12,24H,1-3H3. The number of hydrogen-bond acceptors (Lipinski definition) is 3. The van der Waals surface area contributed by atoms with Gasteiger partial charge < -0.3 is 5.11 Å². The maximum atomic E-state index is 13.2. The van der Waals surface area contributed by atoms with E-state index in [0.29, 0.717) is 16.9 Å². The highest BCUT2D eigenvalue weighted by Crippen LogP contribution is 2.32. The van der Waals surface area contributed by atoms with Gasteiger partial charge >= 0.3 is 0 Å². The van der Waals surface area contributed by atoms with Crippen molar-refractivity contribution in [3.8, 4) is 22.6 Å². The van der Waals surface area contributed by atoms with Crippen molar-refractivity contribution in [2.24, 2.45) is 0 Å². The lowest BCUT2D eigenvalue weighted by Crippen LogP contribution is -2.25. The first-order valence-electron chi connectivity index (χ1n) is 8.03. The predicted molar refractivity (Wildman–Crippen MR) is 98.6 cm³/mol. The minimum atomic E-state index is -0.352. The van der Waals surface area contributed by atoms with Crippen LogP contribution in [0, 0.1) is 13.8 Å². The molecule has 3 rings (SSSR count). The first-order chi connectivity index (χ1) is 11.9. The van der Waals surface area contributed by atoms with Crippen LogP contribution in [0.1, 0.15) is 28.5 Å². The summed E-state index contributed by atoms with van der Waals surface area (Å²) in [6.45, 7) is 5.03. The largest absolute Gasteiger partial charge is 0.506 e. The number of rotatable bonds is 3. The molecule has 0 radical (unpaired) electrons. The van der Waals surface area contributed by atoms with Gasteiger partial charge in [0.1, 0.15) is 5.75 Å².